The number of hydrogen-bond donors (Lipinski definition) is 1. The number of carboxylic acids is 1. The third-order valence-electron chi connectivity index (χ3n) is 2.53. The van der Waals surface area contributed by atoms with E-state index >= 15 is 0 Å². The fourth-order valence-corrected chi connectivity index (χ4v) is 2.45. The van der Waals surface area contributed by atoms with Crippen LogP contribution in [0.25, 0.3) is 0 Å². The van der Waals surface area contributed by atoms with E-state index in [1.54, 1.807) is 6.92 Å². The molecule has 0 atom stereocenters. The third-order valence-corrected chi connectivity index (χ3v) is 4.36. The number of benzene rings is 1. The van der Waals surface area contributed by atoms with Crippen LogP contribution in [-0.4, -0.2) is 37.9 Å². The van der Waals surface area contributed by atoms with Crippen molar-refractivity contribution in [3.8, 4) is 0 Å². The fraction of sp³-hybridized carbons (Fsp3) is 0.364. The molecule has 1 aromatic rings. The number of aromatic carboxylic acids is 1. The zero-order chi connectivity index (χ0) is 14.1. The first-order valence-corrected chi connectivity index (χ1v) is 6.64. The highest BCUT2D eigenvalue weighted by Crippen LogP contribution is 2.22. The van der Waals surface area contributed by atoms with E-state index in [2.05, 4.69) is 0 Å². The molecule has 0 aliphatic rings. The topological polar surface area (TPSA) is 74.7 Å². The molecule has 1 aromatic carbocycles. The largest absolute Gasteiger partial charge is 0.478 e. The van der Waals surface area contributed by atoms with Crippen molar-refractivity contribution in [1.82, 2.24) is 4.31 Å². The van der Waals surface area contributed by atoms with Crippen LogP contribution in [0.2, 0.25) is 0 Å². The van der Waals surface area contributed by atoms with E-state index in [9.17, 15) is 17.6 Å². The van der Waals surface area contributed by atoms with Gasteiger partial charge in [0, 0.05) is 14.1 Å². The van der Waals surface area contributed by atoms with Gasteiger partial charge in [-0.1, -0.05) is 6.92 Å². The van der Waals surface area contributed by atoms with Gasteiger partial charge in [0.15, 0.2) is 0 Å². The van der Waals surface area contributed by atoms with Crippen LogP contribution in [0.3, 0.4) is 0 Å². The number of aryl methyl sites for hydroxylation is 1. The van der Waals surface area contributed by atoms with Crippen molar-refractivity contribution in [3.05, 3.63) is 29.1 Å². The van der Waals surface area contributed by atoms with E-state index in [4.69, 9.17) is 5.11 Å². The molecule has 1 N–H and O–H groups in total. The molecule has 18 heavy (non-hydrogen) atoms. The molecular formula is C11H14FNO4S. The maximum absolute atomic E-state index is 13.7. The molecule has 0 saturated carbocycles. The number of nitrogens with zero attached hydrogens (tertiary/aromatic N) is 1. The summed E-state index contributed by atoms with van der Waals surface area (Å²) < 4.78 is 38.2. The van der Waals surface area contributed by atoms with Crippen LogP contribution in [0, 0.1) is 5.82 Å². The fourth-order valence-electron chi connectivity index (χ4n) is 1.48. The van der Waals surface area contributed by atoms with Crippen LogP contribution in [0.1, 0.15) is 22.8 Å². The van der Waals surface area contributed by atoms with Gasteiger partial charge in [-0.2, -0.15) is 0 Å². The summed E-state index contributed by atoms with van der Waals surface area (Å²) in [4.78, 5) is 10.4. The van der Waals surface area contributed by atoms with Gasteiger partial charge in [0.1, 0.15) is 10.7 Å². The van der Waals surface area contributed by atoms with Crippen molar-refractivity contribution < 1.29 is 22.7 Å². The molecule has 0 aliphatic heterocycles. The van der Waals surface area contributed by atoms with Gasteiger partial charge in [-0.15, -0.1) is 0 Å². The van der Waals surface area contributed by atoms with Crippen LogP contribution in [0.4, 0.5) is 4.39 Å². The van der Waals surface area contributed by atoms with Gasteiger partial charge >= 0.3 is 5.97 Å². The molecule has 0 unspecified atom stereocenters. The van der Waals surface area contributed by atoms with E-state index in [1.807, 2.05) is 0 Å². The van der Waals surface area contributed by atoms with Crippen molar-refractivity contribution in [2.24, 2.45) is 0 Å². The molecule has 0 aliphatic carbocycles. The average molecular weight is 275 g/mol. The average Bonchev–Trinajstić information content (AvgIpc) is 2.27. The molecule has 0 fully saturated rings. The highest BCUT2D eigenvalue weighted by Gasteiger charge is 2.25. The Morgan fingerprint density at radius 3 is 2.33 bits per heavy atom. The highest BCUT2D eigenvalue weighted by molar-refractivity contribution is 7.89. The lowest BCUT2D eigenvalue weighted by Gasteiger charge is -2.14. The highest BCUT2D eigenvalue weighted by atomic mass is 32.2. The molecular weight excluding hydrogens is 261 g/mol. The number of carbonyl (C=O) groups is 1. The summed E-state index contributed by atoms with van der Waals surface area (Å²) >= 11 is 0. The Hall–Kier alpha value is -1.47. The predicted molar refractivity (Wildman–Crippen MR) is 63.6 cm³/mol. The minimum Gasteiger partial charge on any atom is -0.478 e. The van der Waals surface area contributed by atoms with Gasteiger partial charge in [-0.05, 0) is 24.1 Å². The first-order chi connectivity index (χ1) is 8.21. The number of halogens is 1. The van der Waals surface area contributed by atoms with Crippen molar-refractivity contribution in [2.75, 3.05) is 14.1 Å². The van der Waals surface area contributed by atoms with E-state index in [0.29, 0.717) is 6.42 Å². The molecule has 0 amide bonds. The van der Waals surface area contributed by atoms with Gasteiger partial charge in [-0.25, -0.2) is 21.9 Å². The van der Waals surface area contributed by atoms with Crippen molar-refractivity contribution >= 4 is 16.0 Å². The van der Waals surface area contributed by atoms with Crippen LogP contribution in [0.5, 0.6) is 0 Å². The predicted octanol–water partition coefficient (Wildman–Crippen LogP) is 1.34. The SMILES string of the molecule is CCc1cc(F)c(S(=O)(=O)N(C)C)cc1C(=O)O. The molecule has 0 bridgehead atoms. The Morgan fingerprint density at radius 2 is 1.94 bits per heavy atom. The van der Waals surface area contributed by atoms with Gasteiger partial charge in [0.25, 0.3) is 0 Å². The van der Waals surface area contributed by atoms with E-state index in [-0.39, 0.29) is 11.1 Å². The molecule has 5 nitrogen and oxygen atoms in total. The summed E-state index contributed by atoms with van der Waals surface area (Å²) in [6.45, 7) is 1.67. The Labute approximate surface area is 105 Å². The van der Waals surface area contributed by atoms with Gasteiger partial charge in [-0.3, -0.25) is 0 Å². The maximum atomic E-state index is 13.7. The first-order valence-electron chi connectivity index (χ1n) is 5.20. The van der Waals surface area contributed by atoms with E-state index in [1.165, 1.54) is 14.1 Å². The molecule has 100 valence electrons. The third kappa shape index (κ3) is 2.51. The summed E-state index contributed by atoms with van der Waals surface area (Å²) in [7, 11) is -1.49. The summed E-state index contributed by atoms with van der Waals surface area (Å²) in [6, 6.07) is 1.83. The summed E-state index contributed by atoms with van der Waals surface area (Å²) in [5.74, 6) is -2.22. The smallest absolute Gasteiger partial charge is 0.336 e. The second kappa shape index (κ2) is 5.03. The molecule has 0 spiro atoms. The lowest BCUT2D eigenvalue weighted by atomic mass is 10.1. The quantitative estimate of drug-likeness (QED) is 0.899. The summed E-state index contributed by atoms with van der Waals surface area (Å²) in [5.41, 5.74) is 0.0667. The van der Waals surface area contributed by atoms with Crippen LogP contribution in [-0.2, 0) is 16.4 Å². The van der Waals surface area contributed by atoms with Crippen LogP contribution in [0.15, 0.2) is 17.0 Å². The van der Waals surface area contributed by atoms with Crippen LogP contribution < -0.4 is 0 Å². The Kier molecular flexibility index (Phi) is 4.08. The first kappa shape index (κ1) is 14.6. The number of hydrogen-bond acceptors (Lipinski definition) is 3. The molecule has 7 heteroatoms. The van der Waals surface area contributed by atoms with Crippen molar-refractivity contribution in [3.63, 3.8) is 0 Å². The Balaban J connectivity index is 3.59. The second-order valence-corrected chi connectivity index (χ2v) is 6.01. The van der Waals surface area contributed by atoms with Crippen molar-refractivity contribution in [1.29, 1.82) is 0 Å². The molecule has 0 radical (unpaired) electrons. The molecule has 1 rings (SSSR count). The van der Waals surface area contributed by atoms with Crippen molar-refractivity contribution in [2.45, 2.75) is 18.2 Å². The summed E-state index contributed by atoms with van der Waals surface area (Å²) in [6.07, 6.45) is 0.306. The molecule has 0 saturated heterocycles. The number of sulfonamides is 1. The Morgan fingerprint density at radius 1 is 1.39 bits per heavy atom. The zero-order valence-electron chi connectivity index (χ0n) is 10.3. The van der Waals surface area contributed by atoms with Gasteiger partial charge in [0.05, 0.1) is 5.56 Å². The number of rotatable bonds is 4. The van der Waals surface area contributed by atoms with E-state index < -0.39 is 26.7 Å². The summed E-state index contributed by atoms with van der Waals surface area (Å²) in [5, 5.41) is 8.99. The zero-order valence-corrected chi connectivity index (χ0v) is 11.1. The molecule has 0 aromatic heterocycles. The monoisotopic (exact) mass is 275 g/mol. The molecule has 0 heterocycles. The second-order valence-electron chi connectivity index (χ2n) is 3.89. The van der Waals surface area contributed by atoms with Crippen LogP contribution >= 0.6 is 0 Å². The van der Waals surface area contributed by atoms with Gasteiger partial charge in [0.2, 0.25) is 10.0 Å². The Bertz CT molecular complexity index is 581. The standard InChI is InChI=1S/C11H14FNO4S/c1-4-7-5-9(12)10(6-8(7)11(14)15)18(16,17)13(2)3/h5-6H,4H2,1-3H3,(H,14,15). The van der Waals surface area contributed by atoms with E-state index in [0.717, 1.165) is 16.4 Å². The number of carboxylic acid groups (broad SMARTS) is 1. The minimum absolute atomic E-state index is 0.195. The maximum Gasteiger partial charge on any atom is 0.336 e. The normalized spacial score (nSPS) is 11.8. The van der Waals surface area contributed by atoms with Gasteiger partial charge < -0.3 is 5.11 Å². The minimum atomic E-state index is -3.99. The lowest BCUT2D eigenvalue weighted by Crippen LogP contribution is -2.24. The lowest BCUT2D eigenvalue weighted by molar-refractivity contribution is 0.0695.